The van der Waals surface area contributed by atoms with Gasteiger partial charge in [0, 0.05) is 18.0 Å². The van der Waals surface area contributed by atoms with Gasteiger partial charge in [0.1, 0.15) is 5.76 Å². The second kappa shape index (κ2) is 8.30. The summed E-state index contributed by atoms with van der Waals surface area (Å²) in [5.41, 5.74) is 0. The molecule has 0 aromatic heterocycles. The van der Waals surface area contributed by atoms with Gasteiger partial charge in [0.05, 0.1) is 6.10 Å². The van der Waals surface area contributed by atoms with Crippen LogP contribution in [-0.2, 0) is 4.74 Å². The van der Waals surface area contributed by atoms with Crippen LogP contribution in [0.1, 0.15) is 55.4 Å². The molecule has 1 amide bonds. The number of aliphatic hydroxyl groups excluding tert-OH is 1. The van der Waals surface area contributed by atoms with E-state index in [1.165, 1.54) is 0 Å². The van der Waals surface area contributed by atoms with E-state index in [0.29, 0.717) is 5.76 Å². The van der Waals surface area contributed by atoms with Crippen LogP contribution in [-0.4, -0.2) is 34.3 Å². The quantitative estimate of drug-likeness (QED) is 0.755. The van der Waals surface area contributed by atoms with Crippen molar-refractivity contribution in [1.29, 1.82) is 0 Å². The SMILES string of the molecule is C/C(=C/[C@@H](C)[C@@H](O)C(C)C)OC(=O)N(C(C)C)C(C)C. The van der Waals surface area contributed by atoms with Crippen molar-refractivity contribution in [2.75, 3.05) is 0 Å². The molecule has 0 bridgehead atoms. The van der Waals surface area contributed by atoms with E-state index < -0.39 is 6.10 Å². The Bertz CT molecular complexity index is 327. The molecule has 0 aliphatic heterocycles. The molecule has 0 aromatic rings. The Kier molecular flexibility index (Phi) is 7.87. The number of allylic oxidation sites excluding steroid dienone is 1. The highest BCUT2D eigenvalue weighted by Crippen LogP contribution is 2.17. The molecular formula is C16H31NO3. The van der Waals surface area contributed by atoms with Crippen LogP contribution >= 0.6 is 0 Å². The minimum absolute atomic E-state index is 0.0469. The maximum absolute atomic E-state index is 12.1. The average molecular weight is 285 g/mol. The summed E-state index contributed by atoms with van der Waals surface area (Å²) in [6.45, 7) is 15.5. The molecule has 0 spiro atoms. The van der Waals surface area contributed by atoms with E-state index in [2.05, 4.69) is 0 Å². The van der Waals surface area contributed by atoms with Gasteiger partial charge in [0.25, 0.3) is 0 Å². The Morgan fingerprint density at radius 1 is 1.05 bits per heavy atom. The summed E-state index contributed by atoms with van der Waals surface area (Å²) in [5, 5.41) is 9.97. The Morgan fingerprint density at radius 2 is 1.50 bits per heavy atom. The predicted molar refractivity (Wildman–Crippen MR) is 82.4 cm³/mol. The molecule has 1 N–H and O–H groups in total. The van der Waals surface area contributed by atoms with Crippen molar-refractivity contribution < 1.29 is 14.6 Å². The normalized spacial score (nSPS) is 15.7. The van der Waals surface area contributed by atoms with E-state index >= 15 is 0 Å². The van der Waals surface area contributed by atoms with Crippen LogP contribution in [0, 0.1) is 11.8 Å². The molecule has 118 valence electrons. The van der Waals surface area contributed by atoms with Gasteiger partial charge in [-0.25, -0.2) is 4.79 Å². The van der Waals surface area contributed by atoms with Crippen LogP contribution in [0.5, 0.6) is 0 Å². The van der Waals surface area contributed by atoms with E-state index in [1.54, 1.807) is 17.9 Å². The number of rotatable bonds is 6. The molecule has 2 atom stereocenters. The smallest absolute Gasteiger partial charge is 0.415 e. The molecule has 0 aromatic carbocycles. The molecule has 0 rings (SSSR count). The van der Waals surface area contributed by atoms with Gasteiger partial charge >= 0.3 is 6.09 Å². The standard InChI is InChI=1S/C16H31NO3/c1-10(2)15(18)13(7)9-14(8)20-16(19)17(11(3)4)12(5)6/h9-13,15,18H,1-8H3/b14-9-/t13-,15+/m1/s1. The van der Waals surface area contributed by atoms with E-state index in [1.807, 2.05) is 48.5 Å². The molecule has 0 aliphatic carbocycles. The van der Waals surface area contributed by atoms with Gasteiger partial charge in [-0.05, 0) is 46.6 Å². The van der Waals surface area contributed by atoms with Crippen LogP contribution in [0.25, 0.3) is 0 Å². The summed E-state index contributed by atoms with van der Waals surface area (Å²) < 4.78 is 5.37. The van der Waals surface area contributed by atoms with Crippen LogP contribution in [0.2, 0.25) is 0 Å². The zero-order chi connectivity index (χ0) is 16.0. The summed E-state index contributed by atoms with van der Waals surface area (Å²) >= 11 is 0. The number of hydrogen-bond donors (Lipinski definition) is 1. The Morgan fingerprint density at radius 3 is 1.85 bits per heavy atom. The van der Waals surface area contributed by atoms with E-state index in [9.17, 15) is 9.90 Å². The Balaban J connectivity index is 4.74. The highest BCUT2D eigenvalue weighted by molar-refractivity contribution is 5.69. The zero-order valence-corrected chi connectivity index (χ0v) is 14.2. The first-order chi connectivity index (χ1) is 9.07. The summed E-state index contributed by atoms with van der Waals surface area (Å²) in [6.07, 6.45) is 1.03. The highest BCUT2D eigenvalue weighted by Gasteiger charge is 2.22. The van der Waals surface area contributed by atoms with Gasteiger partial charge in [-0.2, -0.15) is 0 Å². The minimum Gasteiger partial charge on any atom is -0.415 e. The second-order valence-electron chi connectivity index (χ2n) is 6.33. The summed E-state index contributed by atoms with van der Waals surface area (Å²) in [6, 6.07) is 0.183. The van der Waals surface area contributed by atoms with Crippen LogP contribution < -0.4 is 0 Å². The molecule has 20 heavy (non-hydrogen) atoms. The van der Waals surface area contributed by atoms with Gasteiger partial charge in [-0.1, -0.05) is 20.8 Å². The summed E-state index contributed by atoms with van der Waals surface area (Å²) in [4.78, 5) is 13.8. The van der Waals surface area contributed by atoms with Gasteiger partial charge in [0.2, 0.25) is 0 Å². The first-order valence-corrected chi connectivity index (χ1v) is 7.44. The third kappa shape index (κ3) is 5.95. The first kappa shape index (κ1) is 19.0. The lowest BCUT2D eigenvalue weighted by molar-refractivity contribution is 0.0848. The molecule has 0 heterocycles. The highest BCUT2D eigenvalue weighted by atomic mass is 16.6. The van der Waals surface area contributed by atoms with Crippen LogP contribution in [0.15, 0.2) is 11.8 Å². The molecular weight excluding hydrogens is 254 g/mol. The number of ether oxygens (including phenoxy) is 1. The molecule has 0 saturated heterocycles. The van der Waals surface area contributed by atoms with Gasteiger partial charge in [0.15, 0.2) is 0 Å². The van der Waals surface area contributed by atoms with E-state index in [4.69, 9.17) is 4.74 Å². The van der Waals surface area contributed by atoms with Crippen molar-refractivity contribution in [3.63, 3.8) is 0 Å². The zero-order valence-electron chi connectivity index (χ0n) is 14.2. The van der Waals surface area contributed by atoms with Crippen LogP contribution in [0.4, 0.5) is 4.79 Å². The van der Waals surface area contributed by atoms with Gasteiger partial charge in [-0.3, -0.25) is 0 Å². The average Bonchev–Trinajstić information content (AvgIpc) is 2.25. The number of carbonyl (C=O) groups excluding carboxylic acids is 1. The van der Waals surface area contributed by atoms with Crippen LogP contribution in [0.3, 0.4) is 0 Å². The third-order valence-electron chi connectivity index (χ3n) is 3.29. The fourth-order valence-electron chi connectivity index (χ4n) is 2.32. The fraction of sp³-hybridized carbons (Fsp3) is 0.812. The van der Waals surface area contributed by atoms with Crippen molar-refractivity contribution in [3.05, 3.63) is 11.8 Å². The number of nitrogens with zero attached hydrogens (tertiary/aromatic N) is 1. The molecule has 4 nitrogen and oxygen atoms in total. The monoisotopic (exact) mass is 285 g/mol. The minimum atomic E-state index is -0.435. The van der Waals surface area contributed by atoms with E-state index in [0.717, 1.165) is 0 Å². The molecule has 0 unspecified atom stereocenters. The van der Waals surface area contributed by atoms with Crippen molar-refractivity contribution in [1.82, 2.24) is 4.90 Å². The third-order valence-corrected chi connectivity index (χ3v) is 3.29. The maximum atomic E-state index is 12.1. The molecule has 0 aliphatic rings. The Hall–Kier alpha value is -1.03. The summed E-state index contributed by atoms with van der Waals surface area (Å²) in [5.74, 6) is 0.662. The van der Waals surface area contributed by atoms with Crippen molar-refractivity contribution in [3.8, 4) is 0 Å². The number of hydrogen-bond acceptors (Lipinski definition) is 3. The summed E-state index contributed by atoms with van der Waals surface area (Å²) in [7, 11) is 0. The lowest BCUT2D eigenvalue weighted by Gasteiger charge is -2.29. The fourth-order valence-corrected chi connectivity index (χ4v) is 2.32. The molecule has 0 fully saturated rings. The lowest BCUT2D eigenvalue weighted by Crippen LogP contribution is -2.42. The molecule has 0 saturated carbocycles. The largest absolute Gasteiger partial charge is 0.415 e. The predicted octanol–water partition coefficient (Wildman–Crippen LogP) is 3.80. The lowest BCUT2D eigenvalue weighted by atomic mass is 9.94. The van der Waals surface area contributed by atoms with Crippen molar-refractivity contribution >= 4 is 6.09 Å². The number of carbonyl (C=O) groups is 1. The van der Waals surface area contributed by atoms with Crippen molar-refractivity contribution in [2.45, 2.75) is 73.6 Å². The first-order valence-electron chi connectivity index (χ1n) is 7.44. The second-order valence-corrected chi connectivity index (χ2v) is 6.33. The van der Waals surface area contributed by atoms with Gasteiger partial charge in [-0.15, -0.1) is 0 Å². The van der Waals surface area contributed by atoms with E-state index in [-0.39, 0.29) is 30.0 Å². The van der Waals surface area contributed by atoms with Gasteiger partial charge < -0.3 is 14.7 Å². The molecule has 0 radical (unpaired) electrons. The number of aliphatic hydroxyl groups is 1. The molecule has 4 heteroatoms. The topological polar surface area (TPSA) is 49.8 Å². The Labute approximate surface area is 123 Å². The van der Waals surface area contributed by atoms with Crippen molar-refractivity contribution in [2.24, 2.45) is 11.8 Å². The maximum Gasteiger partial charge on any atom is 0.415 e. The number of amides is 1.